The van der Waals surface area contributed by atoms with E-state index in [0.29, 0.717) is 6.54 Å². The van der Waals surface area contributed by atoms with E-state index >= 15 is 0 Å². The van der Waals surface area contributed by atoms with Gasteiger partial charge in [0.2, 0.25) is 0 Å². The van der Waals surface area contributed by atoms with E-state index in [4.69, 9.17) is 5.73 Å². The van der Waals surface area contributed by atoms with Crippen molar-refractivity contribution in [3.8, 4) is 0 Å². The monoisotopic (exact) mass is 238 g/mol. The average molecular weight is 238 g/mol. The van der Waals surface area contributed by atoms with Gasteiger partial charge in [0, 0.05) is 18.6 Å². The molecule has 0 aliphatic heterocycles. The van der Waals surface area contributed by atoms with Crippen LogP contribution in [0, 0.1) is 0 Å². The fourth-order valence-electron chi connectivity index (χ4n) is 2.03. The zero-order valence-corrected chi connectivity index (χ0v) is 9.76. The van der Waals surface area contributed by atoms with Crippen molar-refractivity contribution in [3.63, 3.8) is 0 Å². The molecule has 0 aromatic rings. The third-order valence-electron chi connectivity index (χ3n) is 3.01. The first kappa shape index (κ1) is 13.8. The molecule has 1 fully saturated rings. The molecule has 0 heterocycles. The molecule has 2 nitrogen and oxygen atoms in total. The number of nitrogens with zero attached hydrogens (tertiary/aromatic N) is 1. The smallest absolute Gasteiger partial charge is 0.329 e. The van der Waals surface area contributed by atoms with Crippen molar-refractivity contribution >= 4 is 0 Å². The summed E-state index contributed by atoms with van der Waals surface area (Å²) in [6.45, 7) is 1.56. The molecule has 0 spiro atoms. The molecule has 0 bridgehead atoms. The minimum atomic E-state index is -4.11. The summed E-state index contributed by atoms with van der Waals surface area (Å²) in [5.74, 6) is 0. The molecular formula is C11H21F3N2. The Balaban J connectivity index is 2.52. The highest BCUT2D eigenvalue weighted by molar-refractivity contribution is 4.90. The van der Waals surface area contributed by atoms with Crippen LogP contribution in [0.4, 0.5) is 13.2 Å². The van der Waals surface area contributed by atoms with Gasteiger partial charge < -0.3 is 5.73 Å². The van der Waals surface area contributed by atoms with E-state index < -0.39 is 12.7 Å². The van der Waals surface area contributed by atoms with Crippen LogP contribution >= 0.6 is 0 Å². The van der Waals surface area contributed by atoms with Crippen LogP contribution in [0.3, 0.4) is 0 Å². The second-order valence-electron chi connectivity index (χ2n) is 4.55. The van der Waals surface area contributed by atoms with Gasteiger partial charge in [0.1, 0.15) is 0 Å². The van der Waals surface area contributed by atoms with Crippen molar-refractivity contribution in [1.29, 1.82) is 0 Å². The summed E-state index contributed by atoms with van der Waals surface area (Å²) in [4.78, 5) is 1.57. The number of nitrogens with two attached hydrogens (primary N) is 1. The highest BCUT2D eigenvalue weighted by Gasteiger charge is 2.40. The first-order valence-electron chi connectivity index (χ1n) is 6.00. The van der Waals surface area contributed by atoms with E-state index in [-0.39, 0.29) is 12.1 Å². The second-order valence-corrected chi connectivity index (χ2v) is 4.55. The Bertz CT molecular complexity index is 202. The van der Waals surface area contributed by atoms with Gasteiger partial charge in [-0.05, 0) is 19.3 Å². The lowest BCUT2D eigenvalue weighted by atomic mass is 10.1. The standard InChI is InChI=1S/C11H21F3N2/c1-2-3-4-10(7-15)16(9-5-6-9)8-11(12,13)14/h9-10H,2-8,15H2,1H3. The summed E-state index contributed by atoms with van der Waals surface area (Å²) in [6, 6.07) is 0.0149. The van der Waals surface area contributed by atoms with Gasteiger partial charge in [-0.25, -0.2) is 0 Å². The first-order chi connectivity index (χ1) is 7.48. The van der Waals surface area contributed by atoms with Crippen molar-refractivity contribution in [3.05, 3.63) is 0 Å². The molecule has 0 aromatic carbocycles. The Kier molecular flexibility index (Phi) is 5.05. The molecule has 0 saturated heterocycles. The lowest BCUT2D eigenvalue weighted by molar-refractivity contribution is -0.152. The lowest BCUT2D eigenvalue weighted by Crippen LogP contribution is -2.46. The maximum absolute atomic E-state index is 12.4. The molecule has 1 aliphatic rings. The fourth-order valence-corrected chi connectivity index (χ4v) is 2.03. The van der Waals surface area contributed by atoms with Crippen LogP contribution in [-0.4, -0.2) is 36.2 Å². The predicted octanol–water partition coefficient (Wildman–Crippen LogP) is 2.53. The average Bonchev–Trinajstić information content (AvgIpc) is 2.98. The minimum absolute atomic E-state index is 0.103. The second kappa shape index (κ2) is 5.87. The summed E-state index contributed by atoms with van der Waals surface area (Å²) >= 11 is 0. The van der Waals surface area contributed by atoms with Gasteiger partial charge in [-0.3, -0.25) is 4.90 Å². The maximum atomic E-state index is 12.4. The summed E-state index contributed by atoms with van der Waals surface area (Å²) in [6.07, 6.45) is 0.392. The van der Waals surface area contributed by atoms with Crippen LogP contribution in [0.15, 0.2) is 0 Å². The maximum Gasteiger partial charge on any atom is 0.401 e. The number of hydrogen-bond donors (Lipinski definition) is 1. The van der Waals surface area contributed by atoms with Crippen molar-refractivity contribution in [2.45, 2.75) is 57.3 Å². The third-order valence-corrected chi connectivity index (χ3v) is 3.01. The quantitative estimate of drug-likeness (QED) is 0.738. The molecule has 5 heteroatoms. The lowest BCUT2D eigenvalue weighted by Gasteiger charge is -2.31. The van der Waals surface area contributed by atoms with Gasteiger partial charge in [0.15, 0.2) is 0 Å². The third kappa shape index (κ3) is 4.70. The van der Waals surface area contributed by atoms with E-state index in [9.17, 15) is 13.2 Å². The number of hydrogen-bond acceptors (Lipinski definition) is 2. The molecule has 1 rings (SSSR count). The molecule has 1 atom stereocenters. The van der Waals surface area contributed by atoms with Gasteiger partial charge in [0.25, 0.3) is 0 Å². The van der Waals surface area contributed by atoms with Crippen LogP contribution < -0.4 is 5.73 Å². The van der Waals surface area contributed by atoms with Crippen LogP contribution in [0.25, 0.3) is 0 Å². The Morgan fingerprint density at radius 3 is 2.38 bits per heavy atom. The van der Waals surface area contributed by atoms with E-state index in [1.54, 1.807) is 4.90 Å². The highest BCUT2D eigenvalue weighted by atomic mass is 19.4. The Hall–Kier alpha value is -0.290. The van der Waals surface area contributed by atoms with E-state index in [0.717, 1.165) is 32.1 Å². The fraction of sp³-hybridized carbons (Fsp3) is 1.00. The molecule has 0 radical (unpaired) electrons. The first-order valence-corrected chi connectivity index (χ1v) is 6.00. The molecular weight excluding hydrogens is 217 g/mol. The van der Waals surface area contributed by atoms with Crippen molar-refractivity contribution in [2.24, 2.45) is 5.73 Å². The van der Waals surface area contributed by atoms with Crippen LogP contribution in [0.2, 0.25) is 0 Å². The van der Waals surface area contributed by atoms with E-state index in [2.05, 4.69) is 0 Å². The molecule has 0 amide bonds. The molecule has 0 aromatic heterocycles. The van der Waals surface area contributed by atoms with Crippen LogP contribution in [0.1, 0.15) is 39.0 Å². The summed E-state index contributed by atoms with van der Waals surface area (Å²) in [7, 11) is 0. The van der Waals surface area contributed by atoms with Crippen molar-refractivity contribution in [2.75, 3.05) is 13.1 Å². The van der Waals surface area contributed by atoms with E-state index in [1.807, 2.05) is 6.92 Å². The van der Waals surface area contributed by atoms with Gasteiger partial charge in [-0.2, -0.15) is 13.2 Å². The summed E-state index contributed by atoms with van der Waals surface area (Å²) in [5.41, 5.74) is 5.59. The minimum Gasteiger partial charge on any atom is -0.329 e. The molecule has 96 valence electrons. The van der Waals surface area contributed by atoms with Crippen LogP contribution in [0.5, 0.6) is 0 Å². The van der Waals surface area contributed by atoms with Gasteiger partial charge in [0.05, 0.1) is 6.54 Å². The van der Waals surface area contributed by atoms with Gasteiger partial charge >= 0.3 is 6.18 Å². The zero-order valence-electron chi connectivity index (χ0n) is 9.76. The highest BCUT2D eigenvalue weighted by Crippen LogP contribution is 2.32. The number of halogens is 3. The molecule has 16 heavy (non-hydrogen) atoms. The Labute approximate surface area is 95.0 Å². The Morgan fingerprint density at radius 2 is 2.00 bits per heavy atom. The Morgan fingerprint density at radius 1 is 1.38 bits per heavy atom. The number of alkyl halides is 3. The summed E-state index contributed by atoms with van der Waals surface area (Å²) in [5, 5.41) is 0. The molecule has 1 saturated carbocycles. The van der Waals surface area contributed by atoms with E-state index in [1.165, 1.54) is 0 Å². The number of unbranched alkanes of at least 4 members (excludes halogenated alkanes) is 1. The van der Waals surface area contributed by atoms with Crippen LogP contribution in [-0.2, 0) is 0 Å². The van der Waals surface area contributed by atoms with Gasteiger partial charge in [-0.15, -0.1) is 0 Å². The molecule has 1 aliphatic carbocycles. The zero-order chi connectivity index (χ0) is 12.2. The molecule has 1 unspecified atom stereocenters. The predicted molar refractivity (Wildman–Crippen MR) is 58.2 cm³/mol. The SMILES string of the molecule is CCCCC(CN)N(CC(F)(F)F)C1CC1. The molecule has 2 N–H and O–H groups in total. The largest absolute Gasteiger partial charge is 0.401 e. The van der Waals surface area contributed by atoms with Crippen molar-refractivity contribution in [1.82, 2.24) is 4.90 Å². The summed E-state index contributed by atoms with van der Waals surface area (Å²) < 4.78 is 37.3. The normalized spacial score (nSPS) is 19.1. The number of rotatable bonds is 7. The van der Waals surface area contributed by atoms with Gasteiger partial charge in [-0.1, -0.05) is 19.8 Å². The van der Waals surface area contributed by atoms with Crippen molar-refractivity contribution < 1.29 is 13.2 Å². The topological polar surface area (TPSA) is 29.3 Å².